The van der Waals surface area contributed by atoms with E-state index in [2.05, 4.69) is 19.2 Å². The van der Waals surface area contributed by atoms with Crippen LogP contribution in [0.1, 0.15) is 43.2 Å². The molecule has 2 nitrogen and oxygen atoms in total. The Morgan fingerprint density at radius 3 is 2.81 bits per heavy atom. The largest absolute Gasteiger partial charge is 0.310 e. The summed E-state index contributed by atoms with van der Waals surface area (Å²) in [5.74, 6) is 0.260. The molecule has 1 fully saturated rings. The van der Waals surface area contributed by atoms with Crippen molar-refractivity contribution in [2.75, 3.05) is 0 Å². The lowest BCUT2D eigenvalue weighted by Crippen LogP contribution is -2.21. The van der Waals surface area contributed by atoms with E-state index < -0.39 is 0 Å². The summed E-state index contributed by atoms with van der Waals surface area (Å²) in [6, 6.07) is 5.20. The number of hydrogen-bond acceptors (Lipinski definition) is 3. The first-order valence-corrected chi connectivity index (χ1v) is 8.42. The van der Waals surface area contributed by atoms with Crippen LogP contribution in [0.5, 0.6) is 0 Å². The first-order chi connectivity index (χ1) is 10.0. The second-order valence-electron chi connectivity index (χ2n) is 5.76. The van der Waals surface area contributed by atoms with Crippen LogP contribution in [-0.4, -0.2) is 11.0 Å². The highest BCUT2D eigenvalue weighted by Gasteiger charge is 2.30. The smallest absolute Gasteiger partial charge is 0.134 e. The topological polar surface area (TPSA) is 24.9 Å². The molecule has 21 heavy (non-hydrogen) atoms. The van der Waals surface area contributed by atoms with Crippen molar-refractivity contribution in [3.8, 4) is 10.6 Å². The predicted molar refractivity (Wildman–Crippen MR) is 86.5 cm³/mol. The fourth-order valence-corrected chi connectivity index (χ4v) is 3.52. The van der Waals surface area contributed by atoms with Crippen molar-refractivity contribution in [2.24, 2.45) is 0 Å². The molecule has 112 valence electrons. The second kappa shape index (κ2) is 6.03. The van der Waals surface area contributed by atoms with Crippen LogP contribution in [0.4, 0.5) is 4.39 Å². The van der Waals surface area contributed by atoms with Crippen LogP contribution in [0.15, 0.2) is 18.2 Å². The molecule has 0 unspecified atom stereocenters. The quantitative estimate of drug-likeness (QED) is 0.839. The molecule has 5 heteroatoms. The maximum Gasteiger partial charge on any atom is 0.134 e. The van der Waals surface area contributed by atoms with E-state index >= 15 is 0 Å². The lowest BCUT2D eigenvalue weighted by Gasteiger charge is -2.07. The molecule has 0 bridgehead atoms. The van der Waals surface area contributed by atoms with E-state index in [1.165, 1.54) is 23.8 Å². The highest BCUT2D eigenvalue weighted by atomic mass is 35.5. The van der Waals surface area contributed by atoms with Crippen LogP contribution in [0, 0.1) is 5.82 Å². The molecule has 1 heterocycles. The molecule has 0 spiro atoms. The Kier molecular flexibility index (Phi) is 4.29. The van der Waals surface area contributed by atoms with E-state index in [1.807, 2.05) is 0 Å². The third kappa shape index (κ3) is 3.44. The summed E-state index contributed by atoms with van der Waals surface area (Å²) < 4.78 is 14.1. The van der Waals surface area contributed by atoms with Gasteiger partial charge in [0, 0.05) is 34.0 Å². The molecule has 1 aliphatic carbocycles. The average Bonchev–Trinajstić information content (AvgIpc) is 3.17. The van der Waals surface area contributed by atoms with Crippen LogP contribution in [0.2, 0.25) is 5.02 Å². The number of hydrogen-bond donors (Lipinski definition) is 1. The molecule has 0 saturated heterocycles. The highest BCUT2D eigenvalue weighted by molar-refractivity contribution is 7.15. The Balaban J connectivity index is 1.93. The minimum Gasteiger partial charge on any atom is -0.310 e. The summed E-state index contributed by atoms with van der Waals surface area (Å²) in [7, 11) is 0. The lowest BCUT2D eigenvalue weighted by atomic mass is 10.2. The third-order valence-corrected chi connectivity index (χ3v) is 4.86. The van der Waals surface area contributed by atoms with Crippen LogP contribution >= 0.6 is 22.9 Å². The van der Waals surface area contributed by atoms with E-state index in [-0.39, 0.29) is 5.82 Å². The number of rotatable bonds is 5. The number of aromatic nitrogens is 1. The van der Waals surface area contributed by atoms with E-state index in [4.69, 9.17) is 16.6 Å². The van der Waals surface area contributed by atoms with Gasteiger partial charge in [-0.3, -0.25) is 0 Å². The van der Waals surface area contributed by atoms with Gasteiger partial charge in [-0.05, 0) is 31.0 Å². The Hall–Kier alpha value is -0.970. The van der Waals surface area contributed by atoms with Gasteiger partial charge in [-0.15, -0.1) is 11.3 Å². The highest BCUT2D eigenvalue weighted by Crippen LogP contribution is 2.44. The first kappa shape index (κ1) is 14.9. The van der Waals surface area contributed by atoms with E-state index in [9.17, 15) is 4.39 Å². The summed E-state index contributed by atoms with van der Waals surface area (Å²) in [6.07, 6.45) is 2.39. The van der Waals surface area contributed by atoms with E-state index in [0.29, 0.717) is 22.5 Å². The van der Waals surface area contributed by atoms with Gasteiger partial charge in [0.2, 0.25) is 0 Å². The fourth-order valence-electron chi connectivity index (χ4n) is 2.24. The van der Waals surface area contributed by atoms with Gasteiger partial charge in [0.05, 0.1) is 5.69 Å². The zero-order valence-corrected chi connectivity index (χ0v) is 13.7. The van der Waals surface area contributed by atoms with Crippen LogP contribution < -0.4 is 5.32 Å². The van der Waals surface area contributed by atoms with Gasteiger partial charge in [0.15, 0.2) is 0 Å². The Morgan fingerprint density at radius 1 is 1.43 bits per heavy atom. The Labute approximate surface area is 133 Å². The van der Waals surface area contributed by atoms with Gasteiger partial charge in [0.1, 0.15) is 10.8 Å². The van der Waals surface area contributed by atoms with Crippen molar-refractivity contribution in [1.82, 2.24) is 10.3 Å². The van der Waals surface area contributed by atoms with Gasteiger partial charge < -0.3 is 5.32 Å². The molecule has 0 amide bonds. The molecule has 1 N–H and O–H groups in total. The zero-order chi connectivity index (χ0) is 15.0. The summed E-state index contributed by atoms with van der Waals surface area (Å²) >= 11 is 7.41. The van der Waals surface area contributed by atoms with Crippen molar-refractivity contribution >= 4 is 22.9 Å². The summed E-state index contributed by atoms with van der Waals surface area (Å²) in [5.41, 5.74) is 1.69. The number of nitrogens with zero attached hydrogens (tertiary/aromatic N) is 1. The van der Waals surface area contributed by atoms with Crippen molar-refractivity contribution in [1.29, 1.82) is 0 Å². The van der Waals surface area contributed by atoms with Crippen LogP contribution in [0.25, 0.3) is 10.6 Å². The van der Waals surface area contributed by atoms with Crippen LogP contribution in [0.3, 0.4) is 0 Å². The Morgan fingerprint density at radius 2 is 2.19 bits per heavy atom. The molecule has 1 saturated carbocycles. The number of thiazole rings is 1. The molecule has 0 radical (unpaired) electrons. The molecule has 0 atom stereocenters. The van der Waals surface area contributed by atoms with Gasteiger partial charge in [0.25, 0.3) is 0 Å². The predicted octanol–water partition coefficient (Wildman–Crippen LogP) is 4.98. The second-order valence-corrected chi connectivity index (χ2v) is 7.28. The average molecular weight is 325 g/mol. The zero-order valence-electron chi connectivity index (χ0n) is 12.1. The normalized spacial score (nSPS) is 14.9. The van der Waals surface area contributed by atoms with Gasteiger partial charge in [-0.25, -0.2) is 9.37 Å². The molecule has 3 rings (SSSR count). The number of benzene rings is 1. The number of halogens is 2. The van der Waals surface area contributed by atoms with Gasteiger partial charge in [-0.1, -0.05) is 25.4 Å². The van der Waals surface area contributed by atoms with Gasteiger partial charge in [-0.2, -0.15) is 0 Å². The van der Waals surface area contributed by atoms with Crippen molar-refractivity contribution in [3.05, 3.63) is 39.6 Å². The van der Waals surface area contributed by atoms with Gasteiger partial charge >= 0.3 is 0 Å². The van der Waals surface area contributed by atoms with Crippen molar-refractivity contribution in [2.45, 2.75) is 45.2 Å². The third-order valence-electron chi connectivity index (χ3n) is 3.52. The molecule has 0 aliphatic heterocycles. The minimum atomic E-state index is -0.304. The molecule has 1 aliphatic rings. The summed E-state index contributed by atoms with van der Waals surface area (Å²) in [6.45, 7) is 5.05. The molecule has 2 aromatic rings. The van der Waals surface area contributed by atoms with Crippen molar-refractivity contribution in [3.63, 3.8) is 0 Å². The minimum absolute atomic E-state index is 0.304. The maximum absolute atomic E-state index is 14.1. The van der Waals surface area contributed by atoms with E-state index in [0.717, 1.165) is 17.2 Å². The maximum atomic E-state index is 14.1. The van der Waals surface area contributed by atoms with Crippen LogP contribution in [-0.2, 0) is 6.54 Å². The monoisotopic (exact) mass is 324 g/mol. The van der Waals surface area contributed by atoms with Crippen molar-refractivity contribution < 1.29 is 4.39 Å². The SMILES string of the molecule is CC(C)NCc1sc(-c2ccc(Cl)cc2F)nc1C1CC1. The molecule has 1 aromatic heterocycles. The summed E-state index contributed by atoms with van der Waals surface area (Å²) in [5, 5.41) is 4.60. The first-order valence-electron chi connectivity index (χ1n) is 7.23. The standard InChI is InChI=1S/C16H18ClFN2S/c1-9(2)19-8-14-15(10-3-4-10)20-16(21-14)12-6-5-11(17)7-13(12)18/h5-7,9-10,19H,3-4,8H2,1-2H3. The molecular weight excluding hydrogens is 307 g/mol. The molecule has 1 aromatic carbocycles. The van der Waals surface area contributed by atoms with E-state index in [1.54, 1.807) is 23.5 Å². The summed E-state index contributed by atoms with van der Waals surface area (Å²) in [4.78, 5) is 5.94. The molecular formula is C16H18ClFN2S. The number of nitrogens with one attached hydrogen (secondary N) is 1. The lowest BCUT2D eigenvalue weighted by molar-refractivity contribution is 0.590. The fraction of sp³-hybridized carbons (Fsp3) is 0.438. The Bertz CT molecular complexity index is 650.